The fraction of sp³-hybridized carbons (Fsp3) is 0.391. The van der Waals surface area contributed by atoms with Crippen LogP contribution in [0, 0.1) is 5.82 Å². The largest absolute Gasteiger partial charge is 0.352 e. The zero-order valence-corrected chi connectivity index (χ0v) is 19.1. The molecule has 162 valence electrons. The summed E-state index contributed by atoms with van der Waals surface area (Å²) in [5, 5.41) is 3.61. The van der Waals surface area contributed by atoms with E-state index in [4.69, 9.17) is 11.6 Å². The molecule has 0 saturated carbocycles. The van der Waals surface area contributed by atoms with Crippen molar-refractivity contribution >= 4 is 35.2 Å². The van der Waals surface area contributed by atoms with E-state index in [2.05, 4.69) is 5.32 Å². The molecule has 1 N–H and O–H groups in total. The van der Waals surface area contributed by atoms with Crippen LogP contribution in [0.5, 0.6) is 0 Å². The summed E-state index contributed by atoms with van der Waals surface area (Å²) in [5.74, 6) is 0.247. The van der Waals surface area contributed by atoms with Gasteiger partial charge in [-0.05, 0) is 55.7 Å². The predicted molar refractivity (Wildman–Crippen MR) is 122 cm³/mol. The molecule has 2 aromatic carbocycles. The molecule has 30 heavy (non-hydrogen) atoms. The van der Waals surface area contributed by atoms with Gasteiger partial charge in [0, 0.05) is 23.4 Å². The Morgan fingerprint density at radius 3 is 2.27 bits per heavy atom. The van der Waals surface area contributed by atoms with Gasteiger partial charge >= 0.3 is 0 Å². The average molecular weight is 451 g/mol. The quantitative estimate of drug-likeness (QED) is 0.551. The highest BCUT2D eigenvalue weighted by molar-refractivity contribution is 7.99. The number of hydrogen-bond acceptors (Lipinski definition) is 3. The van der Waals surface area contributed by atoms with Gasteiger partial charge < -0.3 is 10.2 Å². The highest BCUT2D eigenvalue weighted by atomic mass is 35.5. The molecule has 2 aromatic rings. The van der Waals surface area contributed by atoms with Crippen molar-refractivity contribution < 1.29 is 14.0 Å². The second kappa shape index (κ2) is 12.0. The van der Waals surface area contributed by atoms with Crippen LogP contribution in [0.15, 0.2) is 48.5 Å². The van der Waals surface area contributed by atoms with Crippen LogP contribution in [0.1, 0.15) is 38.3 Å². The summed E-state index contributed by atoms with van der Waals surface area (Å²) < 4.78 is 13.2. The maximum atomic E-state index is 13.2. The van der Waals surface area contributed by atoms with Crippen LogP contribution in [0.4, 0.5) is 4.39 Å². The Hall–Kier alpha value is -2.05. The summed E-state index contributed by atoms with van der Waals surface area (Å²) in [5.41, 5.74) is 1.85. The van der Waals surface area contributed by atoms with Gasteiger partial charge in [-0.3, -0.25) is 9.59 Å². The van der Waals surface area contributed by atoms with E-state index >= 15 is 0 Å². The zero-order valence-electron chi connectivity index (χ0n) is 17.5. The van der Waals surface area contributed by atoms with Crippen molar-refractivity contribution in [1.29, 1.82) is 0 Å². The van der Waals surface area contributed by atoms with Crippen molar-refractivity contribution in [1.82, 2.24) is 10.2 Å². The van der Waals surface area contributed by atoms with E-state index in [1.165, 1.54) is 23.9 Å². The number of nitrogens with zero attached hydrogens (tertiary/aromatic N) is 1. The lowest BCUT2D eigenvalue weighted by Gasteiger charge is -2.29. The monoisotopic (exact) mass is 450 g/mol. The van der Waals surface area contributed by atoms with Gasteiger partial charge in [-0.1, -0.05) is 42.8 Å². The number of thioether (sulfide) groups is 1. The zero-order chi connectivity index (χ0) is 22.1. The molecule has 4 nitrogen and oxygen atoms in total. The Labute approximate surface area is 187 Å². The summed E-state index contributed by atoms with van der Waals surface area (Å²) in [6.07, 6.45) is 0.807. The van der Waals surface area contributed by atoms with Crippen LogP contribution in [-0.2, 0) is 21.9 Å². The molecule has 0 saturated heterocycles. The first-order valence-electron chi connectivity index (χ1n) is 9.96. The van der Waals surface area contributed by atoms with E-state index in [1.54, 1.807) is 24.0 Å². The number of carbonyl (C=O) groups excluding carboxylic acids is 2. The van der Waals surface area contributed by atoms with Crippen LogP contribution in [-0.4, -0.2) is 34.6 Å². The molecule has 7 heteroatoms. The molecule has 0 aliphatic rings. The van der Waals surface area contributed by atoms with Gasteiger partial charge in [-0.15, -0.1) is 11.8 Å². The standard InChI is InChI=1S/C23H28ClFN2O2S/c1-4-16(2)26-23(29)17(3)27(13-18-7-11-21(25)12-8-18)22(28)15-30-14-19-5-9-20(24)10-6-19/h5-12,16-17H,4,13-15H2,1-3H3,(H,26,29). The first-order valence-corrected chi connectivity index (χ1v) is 11.5. The van der Waals surface area contributed by atoms with E-state index < -0.39 is 6.04 Å². The summed E-state index contributed by atoms with van der Waals surface area (Å²) in [7, 11) is 0. The number of carbonyl (C=O) groups is 2. The van der Waals surface area contributed by atoms with Crippen LogP contribution in [0.25, 0.3) is 0 Å². The number of rotatable bonds is 10. The third-order valence-corrected chi connectivity index (χ3v) is 6.08. The molecular formula is C23H28ClFN2O2S. The Morgan fingerprint density at radius 1 is 1.07 bits per heavy atom. The van der Waals surface area contributed by atoms with Crippen molar-refractivity contribution in [2.75, 3.05) is 5.75 Å². The molecule has 0 fully saturated rings. The molecule has 0 aliphatic heterocycles. The fourth-order valence-corrected chi connectivity index (χ4v) is 3.75. The number of nitrogens with one attached hydrogen (secondary N) is 1. The lowest BCUT2D eigenvalue weighted by molar-refractivity contribution is -0.138. The summed E-state index contributed by atoms with van der Waals surface area (Å²) in [6.45, 7) is 5.89. The summed E-state index contributed by atoms with van der Waals surface area (Å²) in [6, 6.07) is 12.9. The van der Waals surface area contributed by atoms with Gasteiger partial charge in [0.05, 0.1) is 5.75 Å². The Balaban J connectivity index is 2.06. The lowest BCUT2D eigenvalue weighted by Crippen LogP contribution is -2.50. The summed E-state index contributed by atoms with van der Waals surface area (Å²) >= 11 is 7.39. The smallest absolute Gasteiger partial charge is 0.242 e. The molecule has 0 spiro atoms. The molecular weight excluding hydrogens is 423 g/mol. The minimum absolute atomic E-state index is 0.0296. The lowest BCUT2D eigenvalue weighted by atomic mass is 10.1. The number of amides is 2. The van der Waals surface area contributed by atoms with Gasteiger partial charge in [0.1, 0.15) is 11.9 Å². The Morgan fingerprint density at radius 2 is 1.67 bits per heavy atom. The number of halogens is 2. The molecule has 2 unspecified atom stereocenters. The molecule has 0 bridgehead atoms. The predicted octanol–water partition coefficient (Wildman–Crippen LogP) is 5.04. The first kappa shape index (κ1) is 24.2. The van der Waals surface area contributed by atoms with Gasteiger partial charge in [-0.25, -0.2) is 4.39 Å². The minimum Gasteiger partial charge on any atom is -0.352 e. The van der Waals surface area contributed by atoms with Crippen LogP contribution in [0.3, 0.4) is 0 Å². The van der Waals surface area contributed by atoms with Crippen LogP contribution in [0.2, 0.25) is 5.02 Å². The van der Waals surface area contributed by atoms with Crippen molar-refractivity contribution in [3.05, 3.63) is 70.5 Å². The molecule has 2 atom stereocenters. The highest BCUT2D eigenvalue weighted by Gasteiger charge is 2.26. The third kappa shape index (κ3) is 7.65. The molecule has 2 amide bonds. The molecule has 0 heterocycles. The summed E-state index contributed by atoms with van der Waals surface area (Å²) in [4.78, 5) is 27.2. The minimum atomic E-state index is -0.632. The fourth-order valence-electron chi connectivity index (χ4n) is 2.75. The molecule has 0 aliphatic carbocycles. The second-order valence-electron chi connectivity index (χ2n) is 7.26. The second-order valence-corrected chi connectivity index (χ2v) is 8.68. The number of benzene rings is 2. The number of hydrogen-bond donors (Lipinski definition) is 1. The van der Waals surface area contributed by atoms with Crippen molar-refractivity contribution in [3.63, 3.8) is 0 Å². The Bertz CT molecular complexity index is 830. The topological polar surface area (TPSA) is 49.4 Å². The third-order valence-electron chi connectivity index (χ3n) is 4.84. The van der Waals surface area contributed by atoms with E-state index in [-0.39, 0.29) is 36.0 Å². The van der Waals surface area contributed by atoms with E-state index in [0.29, 0.717) is 10.8 Å². The van der Waals surface area contributed by atoms with Crippen molar-refractivity contribution in [3.8, 4) is 0 Å². The highest BCUT2D eigenvalue weighted by Crippen LogP contribution is 2.18. The van der Waals surface area contributed by atoms with Gasteiger partial charge in [0.15, 0.2) is 0 Å². The van der Waals surface area contributed by atoms with Gasteiger partial charge in [0.2, 0.25) is 11.8 Å². The van der Waals surface area contributed by atoms with E-state index in [9.17, 15) is 14.0 Å². The van der Waals surface area contributed by atoms with E-state index in [1.807, 2.05) is 38.1 Å². The van der Waals surface area contributed by atoms with Crippen molar-refractivity contribution in [2.45, 2.75) is 51.6 Å². The van der Waals surface area contributed by atoms with Crippen molar-refractivity contribution in [2.24, 2.45) is 0 Å². The SMILES string of the molecule is CCC(C)NC(=O)C(C)N(Cc1ccc(F)cc1)C(=O)CSCc1ccc(Cl)cc1. The maximum Gasteiger partial charge on any atom is 0.242 e. The first-order chi connectivity index (χ1) is 14.3. The van der Waals surface area contributed by atoms with Crippen LogP contribution >= 0.6 is 23.4 Å². The molecule has 2 rings (SSSR count). The molecule has 0 aromatic heterocycles. The molecule has 0 radical (unpaired) electrons. The van der Waals surface area contributed by atoms with E-state index in [0.717, 1.165) is 17.5 Å². The maximum absolute atomic E-state index is 13.2. The van der Waals surface area contributed by atoms with Crippen LogP contribution < -0.4 is 5.32 Å². The van der Waals surface area contributed by atoms with Gasteiger partial charge in [-0.2, -0.15) is 0 Å². The normalized spacial score (nSPS) is 12.8. The Kier molecular flexibility index (Phi) is 9.66. The average Bonchev–Trinajstić information content (AvgIpc) is 2.74. The van der Waals surface area contributed by atoms with Gasteiger partial charge in [0.25, 0.3) is 0 Å².